The Hall–Kier alpha value is -0.730. The molecule has 0 radical (unpaired) electrons. The average molecular weight is 183 g/mol. The molecule has 0 unspecified atom stereocenters. The largest absolute Gasteiger partial charge is 0.483 e. The molecule has 0 aliphatic heterocycles. The summed E-state index contributed by atoms with van der Waals surface area (Å²) in [5.74, 6) is 0. The van der Waals surface area contributed by atoms with Crippen LogP contribution in [0.25, 0.3) is 0 Å². The molecule has 0 atom stereocenters. The lowest BCUT2D eigenvalue weighted by Crippen LogP contribution is -2.19. The topological polar surface area (TPSA) is 108 Å². The second-order valence-corrected chi connectivity index (χ2v) is 1.33. The van der Waals surface area contributed by atoms with Crippen molar-refractivity contribution < 1.29 is 29.8 Å². The summed E-state index contributed by atoms with van der Waals surface area (Å²) in [5.41, 5.74) is 2.07. The van der Waals surface area contributed by atoms with Crippen LogP contribution in [-0.4, -0.2) is 48.2 Å². The van der Waals surface area contributed by atoms with E-state index in [1.54, 1.807) is 0 Å². The number of rotatable bonds is 6. The van der Waals surface area contributed by atoms with Crippen LogP contribution in [0.4, 0.5) is 0 Å². The van der Waals surface area contributed by atoms with Crippen LogP contribution in [0.1, 0.15) is 0 Å². The minimum absolute atomic E-state index is 0.0600. The molecule has 7 heteroatoms. The van der Waals surface area contributed by atoms with E-state index in [1.807, 2.05) is 0 Å². The average Bonchev–Trinajstić information content (AvgIpc) is 2.06. The van der Waals surface area contributed by atoms with Gasteiger partial charge in [-0.05, 0) is 0 Å². The molecule has 0 saturated carbocycles. The lowest BCUT2D eigenvalue weighted by molar-refractivity contribution is -0.178. The molecule has 0 amide bonds. The van der Waals surface area contributed by atoms with Crippen molar-refractivity contribution in [3.63, 3.8) is 0 Å². The lowest BCUT2D eigenvalue weighted by Gasteiger charge is -2.01. The highest BCUT2D eigenvalue weighted by atomic mass is 16.9. The Morgan fingerprint density at radius 3 is 1.75 bits per heavy atom. The van der Waals surface area contributed by atoms with Gasteiger partial charge in [-0.2, -0.15) is 0 Å². The standard InChI is InChI=1S/C4H11NO4.CH2O2/c6-1-3-8-5-9-4-2-7;2-1-3/h5-7H,1-4H2;1H,(H,2,3). The molecule has 0 aromatic heterocycles. The summed E-state index contributed by atoms with van der Waals surface area (Å²) in [5, 5.41) is 23.2. The monoisotopic (exact) mass is 183 g/mol. The third kappa shape index (κ3) is 22.8. The highest BCUT2D eigenvalue weighted by molar-refractivity contribution is 5.32. The van der Waals surface area contributed by atoms with E-state index in [0.717, 1.165) is 0 Å². The second-order valence-electron chi connectivity index (χ2n) is 1.33. The Kier molecular flexibility index (Phi) is 19.2. The molecule has 0 aromatic rings. The Morgan fingerprint density at radius 1 is 1.17 bits per heavy atom. The van der Waals surface area contributed by atoms with Gasteiger partial charge in [-0.3, -0.25) is 14.5 Å². The van der Waals surface area contributed by atoms with Crippen LogP contribution in [-0.2, 0) is 14.5 Å². The predicted molar refractivity (Wildman–Crippen MR) is 37.9 cm³/mol. The summed E-state index contributed by atoms with van der Waals surface area (Å²) in [4.78, 5) is 17.3. The fraction of sp³-hybridized carbons (Fsp3) is 0.800. The fourth-order valence-electron chi connectivity index (χ4n) is 0.216. The highest BCUT2D eigenvalue weighted by Crippen LogP contribution is 1.67. The van der Waals surface area contributed by atoms with Crippen LogP contribution >= 0.6 is 0 Å². The molecule has 0 aliphatic carbocycles. The molecule has 0 fully saturated rings. The van der Waals surface area contributed by atoms with Gasteiger partial charge < -0.3 is 15.3 Å². The molecule has 7 nitrogen and oxygen atoms in total. The number of aliphatic hydroxyl groups is 2. The van der Waals surface area contributed by atoms with E-state index in [-0.39, 0.29) is 32.9 Å². The predicted octanol–water partition coefficient (Wildman–Crippen LogP) is -1.88. The third-order valence-electron chi connectivity index (χ3n) is 0.505. The maximum Gasteiger partial charge on any atom is 0.290 e. The number of hydrogen-bond donors (Lipinski definition) is 4. The molecule has 4 N–H and O–H groups in total. The van der Waals surface area contributed by atoms with Crippen molar-refractivity contribution in [3.8, 4) is 0 Å². The molecule has 0 heterocycles. The molecule has 0 bridgehead atoms. The zero-order valence-corrected chi connectivity index (χ0v) is 6.47. The van der Waals surface area contributed by atoms with Crippen LogP contribution in [0.5, 0.6) is 0 Å². The molecule has 74 valence electrons. The van der Waals surface area contributed by atoms with Gasteiger partial charge in [0.2, 0.25) is 0 Å². The molecular weight excluding hydrogens is 170 g/mol. The van der Waals surface area contributed by atoms with E-state index in [9.17, 15) is 0 Å². The van der Waals surface area contributed by atoms with Crippen molar-refractivity contribution in [2.45, 2.75) is 0 Å². The van der Waals surface area contributed by atoms with Crippen LogP contribution in [0.3, 0.4) is 0 Å². The Bertz CT molecular complexity index is 74.3. The summed E-state index contributed by atoms with van der Waals surface area (Å²) in [6, 6.07) is 0. The molecule has 0 saturated heterocycles. The van der Waals surface area contributed by atoms with Crippen molar-refractivity contribution in [1.29, 1.82) is 0 Å². The zero-order chi connectivity index (χ0) is 9.66. The number of hydrogen-bond acceptors (Lipinski definition) is 6. The van der Waals surface area contributed by atoms with E-state index in [4.69, 9.17) is 20.1 Å². The summed E-state index contributed by atoms with van der Waals surface area (Å²) in [6.45, 7) is -0.0260. The van der Waals surface area contributed by atoms with Crippen LogP contribution in [0.15, 0.2) is 0 Å². The summed E-state index contributed by atoms with van der Waals surface area (Å²) >= 11 is 0. The van der Waals surface area contributed by atoms with Crippen LogP contribution < -0.4 is 5.64 Å². The molecular formula is C5H13NO6. The smallest absolute Gasteiger partial charge is 0.290 e. The molecule has 0 spiro atoms. The van der Waals surface area contributed by atoms with Crippen molar-refractivity contribution in [2.24, 2.45) is 0 Å². The minimum Gasteiger partial charge on any atom is -0.483 e. The first-order valence-electron chi connectivity index (χ1n) is 3.11. The maximum absolute atomic E-state index is 8.36. The third-order valence-corrected chi connectivity index (χ3v) is 0.505. The number of nitrogens with one attached hydrogen (secondary N) is 1. The van der Waals surface area contributed by atoms with Gasteiger partial charge in [0.05, 0.1) is 26.4 Å². The van der Waals surface area contributed by atoms with Crippen molar-refractivity contribution in [3.05, 3.63) is 0 Å². The van der Waals surface area contributed by atoms with Crippen molar-refractivity contribution >= 4 is 6.47 Å². The Labute approximate surface area is 69.4 Å². The fourth-order valence-corrected chi connectivity index (χ4v) is 0.216. The first-order valence-corrected chi connectivity index (χ1v) is 3.11. The number of carboxylic acid groups (broad SMARTS) is 1. The molecule has 0 aromatic carbocycles. The quantitative estimate of drug-likeness (QED) is 0.217. The first kappa shape index (κ1) is 13.8. The van der Waals surface area contributed by atoms with Gasteiger partial charge in [0.15, 0.2) is 0 Å². The second kappa shape index (κ2) is 16.7. The van der Waals surface area contributed by atoms with Crippen LogP contribution in [0, 0.1) is 0 Å². The molecule has 12 heavy (non-hydrogen) atoms. The van der Waals surface area contributed by atoms with Gasteiger partial charge in [0.1, 0.15) is 0 Å². The van der Waals surface area contributed by atoms with E-state index in [2.05, 4.69) is 15.3 Å². The lowest BCUT2D eigenvalue weighted by atomic mass is 10.8. The van der Waals surface area contributed by atoms with Crippen molar-refractivity contribution in [2.75, 3.05) is 26.4 Å². The van der Waals surface area contributed by atoms with E-state index < -0.39 is 0 Å². The minimum atomic E-state index is -0.250. The summed E-state index contributed by atoms with van der Waals surface area (Å²) in [6.07, 6.45) is 0. The first-order chi connectivity index (χ1) is 5.83. The van der Waals surface area contributed by atoms with Crippen LogP contribution in [0.2, 0.25) is 0 Å². The van der Waals surface area contributed by atoms with Gasteiger partial charge in [-0.15, -0.1) is 0 Å². The van der Waals surface area contributed by atoms with Crippen molar-refractivity contribution in [1.82, 2.24) is 5.64 Å². The van der Waals surface area contributed by atoms with E-state index in [1.165, 1.54) is 0 Å². The number of aliphatic hydroxyl groups excluding tert-OH is 2. The Morgan fingerprint density at radius 2 is 1.50 bits per heavy atom. The van der Waals surface area contributed by atoms with E-state index >= 15 is 0 Å². The van der Waals surface area contributed by atoms with Gasteiger partial charge in [-0.1, -0.05) is 5.64 Å². The maximum atomic E-state index is 8.36. The normalized spacial score (nSPS) is 8.50. The SMILES string of the molecule is O=CO.OCCONOCCO. The Balaban J connectivity index is 0. The highest BCUT2D eigenvalue weighted by Gasteiger charge is 1.83. The van der Waals surface area contributed by atoms with Gasteiger partial charge in [0.25, 0.3) is 6.47 Å². The zero-order valence-electron chi connectivity index (χ0n) is 6.47. The number of carbonyl (C=O) groups is 1. The molecule has 0 aliphatic rings. The van der Waals surface area contributed by atoms with Gasteiger partial charge in [0, 0.05) is 0 Å². The summed E-state index contributed by atoms with van der Waals surface area (Å²) < 4.78 is 0. The van der Waals surface area contributed by atoms with Gasteiger partial charge >= 0.3 is 0 Å². The van der Waals surface area contributed by atoms with Gasteiger partial charge in [-0.25, -0.2) is 0 Å². The summed E-state index contributed by atoms with van der Waals surface area (Å²) in [7, 11) is 0. The van der Waals surface area contributed by atoms with E-state index in [0.29, 0.717) is 0 Å². The molecule has 0 rings (SSSR count).